The largest absolute Gasteiger partial charge is 0.478 e. The lowest BCUT2D eigenvalue weighted by atomic mass is 9.76. The summed E-state index contributed by atoms with van der Waals surface area (Å²) >= 11 is 0. The maximum absolute atomic E-state index is 11.9. The molecule has 2 aliphatic rings. The first-order valence-electron chi connectivity index (χ1n) is 8.58. The fourth-order valence-electron chi connectivity index (χ4n) is 4.11. The van der Waals surface area contributed by atoms with E-state index in [0.29, 0.717) is 11.1 Å². The molecule has 2 N–H and O–H groups in total. The summed E-state index contributed by atoms with van der Waals surface area (Å²) in [5, 5.41) is 13.1. The van der Waals surface area contributed by atoms with Gasteiger partial charge in [0.2, 0.25) is 0 Å². The van der Waals surface area contributed by atoms with Crippen LogP contribution in [0.2, 0.25) is 0 Å². The molecule has 1 aliphatic heterocycles. The summed E-state index contributed by atoms with van der Waals surface area (Å²) in [6, 6.07) is 12.5. The highest BCUT2D eigenvalue weighted by molar-refractivity contribution is 5.91. The van der Waals surface area contributed by atoms with Crippen LogP contribution in [0.15, 0.2) is 54.6 Å². The van der Waals surface area contributed by atoms with Gasteiger partial charge in [-0.25, -0.2) is 9.59 Å². The lowest BCUT2D eigenvalue weighted by Gasteiger charge is -2.38. The fourth-order valence-corrected chi connectivity index (χ4v) is 4.11. The van der Waals surface area contributed by atoms with Crippen molar-refractivity contribution in [3.63, 3.8) is 0 Å². The molecular weight excluding hydrogens is 330 g/mol. The quantitative estimate of drug-likeness (QED) is 0.647. The number of hydrogen-bond donors (Lipinski definition) is 2. The number of nitrogens with one attached hydrogen (secondary N) is 1. The molecule has 5 heteroatoms. The number of carbonyl (C=O) groups is 2. The Hall–Kier alpha value is -3.08. The van der Waals surface area contributed by atoms with Crippen LogP contribution < -0.4 is 5.32 Å². The standard InChI is InChI=1S/C21H19NO4/c1-26-21(25)12-9-10-18-17(11-12)13-7-4-8-14(13)19(22-18)15-5-2-3-6-16(15)20(23)24/h2-7,9-11,13-14,19,22H,8H2,1H3,(H,23,24)/t13-,14+,19+/m1/s1. The number of carbonyl (C=O) groups excluding carboxylic acids is 1. The molecule has 0 amide bonds. The molecule has 1 aliphatic carbocycles. The molecule has 1 heterocycles. The molecule has 0 spiro atoms. The van der Waals surface area contributed by atoms with Crippen molar-refractivity contribution in [3.8, 4) is 0 Å². The summed E-state index contributed by atoms with van der Waals surface area (Å²) in [5.41, 5.74) is 3.62. The number of rotatable bonds is 3. The van der Waals surface area contributed by atoms with Crippen LogP contribution >= 0.6 is 0 Å². The van der Waals surface area contributed by atoms with E-state index < -0.39 is 5.97 Å². The van der Waals surface area contributed by atoms with Crippen LogP contribution in [0.3, 0.4) is 0 Å². The van der Waals surface area contributed by atoms with Crippen LogP contribution in [0, 0.1) is 5.92 Å². The van der Waals surface area contributed by atoms with Crippen LogP contribution in [-0.4, -0.2) is 24.2 Å². The molecular formula is C21H19NO4. The molecule has 4 rings (SSSR count). The Morgan fingerprint density at radius 2 is 1.96 bits per heavy atom. The van der Waals surface area contributed by atoms with E-state index in [9.17, 15) is 14.7 Å². The van der Waals surface area contributed by atoms with Crippen molar-refractivity contribution in [2.45, 2.75) is 18.4 Å². The minimum absolute atomic E-state index is 0.0984. The van der Waals surface area contributed by atoms with Crippen LogP contribution in [-0.2, 0) is 4.74 Å². The van der Waals surface area contributed by atoms with Gasteiger partial charge >= 0.3 is 11.9 Å². The summed E-state index contributed by atoms with van der Waals surface area (Å²) < 4.78 is 4.83. The smallest absolute Gasteiger partial charge is 0.337 e. The zero-order valence-electron chi connectivity index (χ0n) is 14.3. The first-order valence-corrected chi connectivity index (χ1v) is 8.58. The number of carboxylic acid groups (broad SMARTS) is 1. The van der Waals surface area contributed by atoms with E-state index in [-0.39, 0.29) is 23.8 Å². The van der Waals surface area contributed by atoms with Crippen molar-refractivity contribution in [2.24, 2.45) is 5.92 Å². The van der Waals surface area contributed by atoms with Crippen LogP contribution in [0.1, 0.15) is 50.2 Å². The Balaban J connectivity index is 1.79. The van der Waals surface area contributed by atoms with Gasteiger partial charge in [-0.1, -0.05) is 30.4 Å². The number of methoxy groups -OCH3 is 1. The molecule has 0 bridgehead atoms. The van der Waals surface area contributed by atoms with E-state index >= 15 is 0 Å². The Kier molecular flexibility index (Phi) is 3.99. The van der Waals surface area contributed by atoms with Gasteiger partial charge in [0.05, 0.1) is 24.3 Å². The minimum Gasteiger partial charge on any atom is -0.478 e. The lowest BCUT2D eigenvalue weighted by Crippen LogP contribution is -2.30. The van der Waals surface area contributed by atoms with E-state index in [1.807, 2.05) is 24.3 Å². The molecule has 0 fully saturated rings. The van der Waals surface area contributed by atoms with Gasteiger partial charge in [-0.15, -0.1) is 0 Å². The molecule has 132 valence electrons. The van der Waals surface area contributed by atoms with Crippen molar-refractivity contribution in [2.75, 3.05) is 12.4 Å². The monoisotopic (exact) mass is 349 g/mol. The van der Waals surface area contributed by atoms with Gasteiger partial charge in [-0.2, -0.15) is 0 Å². The number of allylic oxidation sites excluding steroid dienone is 2. The van der Waals surface area contributed by atoms with E-state index in [1.165, 1.54) is 7.11 Å². The van der Waals surface area contributed by atoms with Gasteiger partial charge in [0.25, 0.3) is 0 Å². The van der Waals surface area contributed by atoms with Gasteiger partial charge in [0.1, 0.15) is 0 Å². The number of anilines is 1. The first-order chi connectivity index (χ1) is 12.6. The maximum atomic E-state index is 11.9. The number of carboxylic acids is 1. The fraction of sp³-hybridized carbons (Fsp3) is 0.238. The Morgan fingerprint density at radius 3 is 2.73 bits per heavy atom. The Bertz CT molecular complexity index is 918. The Morgan fingerprint density at radius 1 is 1.15 bits per heavy atom. The minimum atomic E-state index is -0.920. The third-order valence-electron chi connectivity index (χ3n) is 5.31. The van der Waals surface area contributed by atoms with E-state index in [1.54, 1.807) is 18.2 Å². The van der Waals surface area contributed by atoms with Gasteiger partial charge in [-0.05, 0) is 47.7 Å². The van der Waals surface area contributed by atoms with Gasteiger partial charge in [-0.3, -0.25) is 0 Å². The highest BCUT2D eigenvalue weighted by Crippen LogP contribution is 2.50. The number of aromatic carboxylic acids is 1. The average Bonchev–Trinajstić information content (AvgIpc) is 3.16. The Labute approximate surface area is 151 Å². The predicted octanol–water partition coefficient (Wildman–Crippen LogP) is 4.00. The van der Waals surface area contributed by atoms with Crippen molar-refractivity contribution in [1.29, 1.82) is 0 Å². The highest BCUT2D eigenvalue weighted by Gasteiger charge is 2.39. The molecule has 26 heavy (non-hydrogen) atoms. The van der Waals surface area contributed by atoms with Gasteiger partial charge in [0.15, 0.2) is 0 Å². The summed E-state index contributed by atoms with van der Waals surface area (Å²) in [4.78, 5) is 23.5. The van der Waals surface area contributed by atoms with Crippen molar-refractivity contribution in [3.05, 3.63) is 76.9 Å². The van der Waals surface area contributed by atoms with E-state index in [4.69, 9.17) is 4.74 Å². The predicted molar refractivity (Wildman–Crippen MR) is 97.5 cm³/mol. The molecule has 2 aromatic rings. The molecule has 2 aromatic carbocycles. The van der Waals surface area contributed by atoms with E-state index in [0.717, 1.165) is 23.2 Å². The number of fused-ring (bicyclic) bond motifs is 3. The van der Waals surface area contributed by atoms with Crippen LogP contribution in [0.4, 0.5) is 5.69 Å². The second kappa shape index (κ2) is 6.33. The van der Waals surface area contributed by atoms with Crippen molar-refractivity contribution in [1.82, 2.24) is 0 Å². The zero-order valence-corrected chi connectivity index (χ0v) is 14.3. The van der Waals surface area contributed by atoms with Gasteiger partial charge < -0.3 is 15.2 Å². The zero-order chi connectivity index (χ0) is 18.3. The second-order valence-electron chi connectivity index (χ2n) is 6.66. The second-order valence-corrected chi connectivity index (χ2v) is 6.66. The summed E-state index contributed by atoms with van der Waals surface area (Å²) in [6.45, 7) is 0. The SMILES string of the molecule is COC(=O)c1ccc2c(c1)[C@@H]1C=CC[C@@H]1[C@@H](c1ccccc1C(=O)O)N2. The summed E-state index contributed by atoms with van der Waals surface area (Å²) in [5.74, 6) is -0.931. The van der Waals surface area contributed by atoms with Crippen LogP contribution in [0.5, 0.6) is 0 Å². The van der Waals surface area contributed by atoms with Crippen molar-refractivity contribution >= 4 is 17.6 Å². The number of benzene rings is 2. The molecule has 0 unspecified atom stereocenters. The highest BCUT2D eigenvalue weighted by atomic mass is 16.5. The number of ether oxygens (including phenoxy) is 1. The number of esters is 1. The topological polar surface area (TPSA) is 75.6 Å². The maximum Gasteiger partial charge on any atom is 0.337 e. The molecule has 0 aromatic heterocycles. The molecule has 0 radical (unpaired) electrons. The third-order valence-corrected chi connectivity index (χ3v) is 5.31. The first kappa shape index (κ1) is 16.4. The molecule has 0 saturated heterocycles. The van der Waals surface area contributed by atoms with Crippen molar-refractivity contribution < 1.29 is 19.4 Å². The molecule has 5 nitrogen and oxygen atoms in total. The normalized spacial score (nSPS) is 22.9. The van der Waals surface area contributed by atoms with Gasteiger partial charge in [0, 0.05) is 11.6 Å². The molecule has 0 saturated carbocycles. The van der Waals surface area contributed by atoms with E-state index in [2.05, 4.69) is 17.5 Å². The summed E-state index contributed by atoms with van der Waals surface area (Å²) in [6.07, 6.45) is 5.15. The molecule has 3 atom stereocenters. The summed E-state index contributed by atoms with van der Waals surface area (Å²) in [7, 11) is 1.37. The third kappa shape index (κ3) is 2.56. The van der Waals surface area contributed by atoms with Crippen LogP contribution in [0.25, 0.3) is 0 Å². The lowest BCUT2D eigenvalue weighted by molar-refractivity contribution is 0.0599. The number of hydrogen-bond acceptors (Lipinski definition) is 4. The average molecular weight is 349 g/mol.